The van der Waals surface area contributed by atoms with Gasteiger partial charge in [-0.25, -0.2) is 4.98 Å². The van der Waals surface area contributed by atoms with Gasteiger partial charge in [-0.15, -0.1) is 11.3 Å². The lowest BCUT2D eigenvalue weighted by Gasteiger charge is -2.36. The highest BCUT2D eigenvalue weighted by atomic mass is 32.2. The Bertz CT molecular complexity index is 1830. The zero-order valence-corrected chi connectivity index (χ0v) is 28.7. The molecule has 0 radical (unpaired) electrons. The summed E-state index contributed by atoms with van der Waals surface area (Å²) in [5.74, 6) is 0.535. The molecule has 0 bridgehead atoms. The van der Waals surface area contributed by atoms with Crippen molar-refractivity contribution in [3.63, 3.8) is 0 Å². The van der Waals surface area contributed by atoms with Crippen LogP contribution >= 0.6 is 23.1 Å². The first-order valence-electron chi connectivity index (χ1n) is 16.5. The zero-order valence-electron chi connectivity index (χ0n) is 27.0. The van der Waals surface area contributed by atoms with Crippen LogP contribution in [0.15, 0.2) is 101 Å². The largest absolute Gasteiger partial charge is 0.397 e. The van der Waals surface area contributed by atoms with Crippen LogP contribution in [0.25, 0.3) is 10.2 Å². The number of nitrogens with zero attached hydrogens (tertiary/aromatic N) is 1. The lowest BCUT2D eigenvalue weighted by Crippen LogP contribution is -2.31. The molecule has 1 aromatic heterocycles. The number of aromatic nitrogens is 1. The Labute approximate surface area is 294 Å². The average molecular weight is 697 g/mol. The number of thiazole rings is 1. The van der Waals surface area contributed by atoms with Gasteiger partial charge in [0, 0.05) is 36.3 Å². The van der Waals surface area contributed by atoms with Gasteiger partial charge in [0.2, 0.25) is 11.8 Å². The predicted molar refractivity (Wildman–Crippen MR) is 196 cm³/mol. The van der Waals surface area contributed by atoms with E-state index >= 15 is 0 Å². The molecule has 0 saturated carbocycles. The van der Waals surface area contributed by atoms with Crippen LogP contribution in [0.3, 0.4) is 0 Å². The third-order valence-corrected chi connectivity index (χ3v) is 10.6. The number of unbranched alkanes of at least 4 members (excludes halogenated alkanes) is 2. The Kier molecular flexibility index (Phi) is 11.9. The van der Waals surface area contributed by atoms with Gasteiger partial charge in [0.15, 0.2) is 10.6 Å². The highest BCUT2D eigenvalue weighted by molar-refractivity contribution is 8.01. The Morgan fingerprint density at radius 1 is 0.857 bits per heavy atom. The van der Waals surface area contributed by atoms with Gasteiger partial charge < -0.3 is 30.9 Å². The van der Waals surface area contributed by atoms with Crippen LogP contribution in [-0.4, -0.2) is 33.8 Å². The lowest BCUT2D eigenvalue weighted by atomic mass is 10.0. The number of amides is 2. The predicted octanol–water partition coefficient (Wildman–Crippen LogP) is 8.24. The van der Waals surface area contributed by atoms with Crippen molar-refractivity contribution in [3.05, 3.63) is 114 Å². The molecule has 1 aliphatic rings. The van der Waals surface area contributed by atoms with E-state index in [1.54, 1.807) is 35.2 Å². The van der Waals surface area contributed by atoms with Crippen LogP contribution in [0.1, 0.15) is 67.6 Å². The van der Waals surface area contributed by atoms with Crippen LogP contribution in [0.5, 0.6) is 0 Å². The third-order valence-electron chi connectivity index (χ3n) is 8.27. The maximum atomic E-state index is 12.8. The molecular formula is C38H40N4O5S2. The summed E-state index contributed by atoms with van der Waals surface area (Å²) in [5.41, 5.74) is 11.4. The molecular weight excluding hydrogens is 657 g/mol. The number of ether oxygens (including phenoxy) is 2. The molecule has 1 aliphatic heterocycles. The van der Waals surface area contributed by atoms with Gasteiger partial charge in [-0.05, 0) is 60.4 Å². The number of nitrogen functional groups attached to an aromatic ring is 1. The van der Waals surface area contributed by atoms with E-state index in [-0.39, 0.29) is 30.6 Å². The van der Waals surface area contributed by atoms with Crippen molar-refractivity contribution < 1.29 is 24.2 Å². The van der Waals surface area contributed by atoms with Gasteiger partial charge in [-0.3, -0.25) is 9.59 Å². The number of hydrogen-bond donors (Lipinski definition) is 4. The van der Waals surface area contributed by atoms with Gasteiger partial charge in [0.05, 0.1) is 40.4 Å². The minimum absolute atomic E-state index is 0.0146. The monoisotopic (exact) mass is 696 g/mol. The smallest absolute Gasteiger partial charge is 0.224 e. The Balaban J connectivity index is 1.03. The molecule has 3 atom stereocenters. The Hall–Kier alpha value is -4.26. The fourth-order valence-electron chi connectivity index (χ4n) is 5.66. The van der Waals surface area contributed by atoms with Gasteiger partial charge in [0.25, 0.3) is 0 Å². The van der Waals surface area contributed by atoms with Gasteiger partial charge in [0.1, 0.15) is 0 Å². The lowest BCUT2D eigenvalue weighted by molar-refractivity contribution is -0.245. The first kappa shape index (κ1) is 34.6. The number of rotatable bonds is 14. The molecule has 1 fully saturated rings. The second-order valence-corrected chi connectivity index (χ2v) is 14.3. The fourth-order valence-corrected chi connectivity index (χ4v) is 7.77. The molecule has 4 aromatic carbocycles. The number of anilines is 3. The molecule has 6 rings (SSSR count). The summed E-state index contributed by atoms with van der Waals surface area (Å²) >= 11 is 3.37. The Morgan fingerprint density at radius 3 is 2.39 bits per heavy atom. The summed E-state index contributed by atoms with van der Waals surface area (Å²) in [6.45, 7) is -0.0146. The number of para-hydroxylation sites is 3. The number of benzene rings is 4. The molecule has 1 saturated heterocycles. The molecule has 5 aromatic rings. The number of carbonyl (C=O) groups is 2. The normalized spacial score (nSPS) is 17.5. The van der Waals surface area contributed by atoms with Crippen molar-refractivity contribution >= 4 is 62.2 Å². The molecule has 0 unspecified atom stereocenters. The van der Waals surface area contributed by atoms with Crippen LogP contribution in [0.4, 0.5) is 17.1 Å². The van der Waals surface area contributed by atoms with E-state index in [9.17, 15) is 14.7 Å². The standard InChI is InChI=1S/C38H40N4O5S2/c39-30-11-4-5-12-31(30)41-36(45)16-3-1-2-15-35(44)40-28-10-8-9-27(21-28)37-46-29(22-33(47-37)26-19-17-25(23-43)18-20-26)24-48-38-42-32-13-6-7-14-34(32)49-38/h4-14,17-21,29,33,37,43H,1-3,15-16,22-24,39H2,(H,40,44)(H,41,45)/t29-,33+,37+/m1/s1. The SMILES string of the molecule is Nc1ccccc1NC(=O)CCCCCC(=O)Nc1cccc([C@H]2O[C@@H](CSc3nc4ccccc4s3)C[C@@H](c3ccc(CO)cc3)O2)c1. The fraction of sp³-hybridized carbons (Fsp3) is 0.289. The summed E-state index contributed by atoms with van der Waals surface area (Å²) in [5, 5.41) is 15.4. The van der Waals surface area contributed by atoms with Gasteiger partial charge >= 0.3 is 0 Å². The van der Waals surface area contributed by atoms with Crippen molar-refractivity contribution in [2.75, 3.05) is 22.1 Å². The maximum absolute atomic E-state index is 12.8. The molecule has 2 amide bonds. The number of nitrogens with two attached hydrogens (primary N) is 1. The maximum Gasteiger partial charge on any atom is 0.224 e. The molecule has 254 valence electrons. The second kappa shape index (κ2) is 16.9. The third kappa shape index (κ3) is 9.68. The number of fused-ring (bicyclic) bond motifs is 1. The number of carbonyl (C=O) groups excluding carboxylic acids is 2. The van der Waals surface area contributed by atoms with Crippen LogP contribution in [-0.2, 0) is 25.7 Å². The number of aliphatic hydroxyl groups excluding tert-OH is 1. The topological polar surface area (TPSA) is 136 Å². The van der Waals surface area contributed by atoms with Crippen molar-refractivity contribution in [3.8, 4) is 0 Å². The molecule has 2 heterocycles. The summed E-state index contributed by atoms with van der Waals surface area (Å²) in [6.07, 6.45) is 2.55. The molecule has 11 heteroatoms. The van der Waals surface area contributed by atoms with Crippen molar-refractivity contribution in [1.82, 2.24) is 4.98 Å². The van der Waals surface area contributed by atoms with E-state index in [1.165, 1.54) is 0 Å². The number of hydrogen-bond acceptors (Lipinski definition) is 9. The van der Waals surface area contributed by atoms with Crippen LogP contribution in [0, 0.1) is 0 Å². The van der Waals surface area contributed by atoms with Gasteiger partial charge in [-0.1, -0.05) is 78.8 Å². The summed E-state index contributed by atoms with van der Waals surface area (Å²) in [7, 11) is 0. The van der Waals surface area contributed by atoms with E-state index in [4.69, 9.17) is 20.2 Å². The van der Waals surface area contributed by atoms with Gasteiger partial charge in [-0.2, -0.15) is 0 Å². The Morgan fingerprint density at radius 2 is 1.61 bits per heavy atom. The van der Waals surface area contributed by atoms with E-state index < -0.39 is 6.29 Å². The molecule has 0 aliphatic carbocycles. The molecule has 5 N–H and O–H groups in total. The number of aliphatic hydroxyl groups is 1. The average Bonchev–Trinajstić information content (AvgIpc) is 3.55. The quantitative estimate of drug-likeness (QED) is 0.0518. The van der Waals surface area contributed by atoms with E-state index in [0.29, 0.717) is 54.9 Å². The summed E-state index contributed by atoms with van der Waals surface area (Å²) in [4.78, 5) is 29.9. The van der Waals surface area contributed by atoms with E-state index in [2.05, 4.69) is 16.7 Å². The van der Waals surface area contributed by atoms with E-state index in [1.807, 2.05) is 78.9 Å². The first-order valence-corrected chi connectivity index (χ1v) is 18.3. The van der Waals surface area contributed by atoms with E-state index in [0.717, 1.165) is 37.7 Å². The van der Waals surface area contributed by atoms with Crippen LogP contribution < -0.4 is 16.4 Å². The minimum Gasteiger partial charge on any atom is -0.397 e. The highest BCUT2D eigenvalue weighted by Crippen LogP contribution is 2.40. The summed E-state index contributed by atoms with van der Waals surface area (Å²) in [6, 6.07) is 30.7. The molecule has 49 heavy (non-hydrogen) atoms. The zero-order chi connectivity index (χ0) is 34.0. The number of nitrogens with one attached hydrogen (secondary N) is 2. The highest BCUT2D eigenvalue weighted by Gasteiger charge is 2.32. The molecule has 0 spiro atoms. The summed E-state index contributed by atoms with van der Waals surface area (Å²) < 4.78 is 15.2. The van der Waals surface area contributed by atoms with Crippen molar-refractivity contribution in [1.29, 1.82) is 0 Å². The number of thioether (sulfide) groups is 1. The second-order valence-electron chi connectivity index (χ2n) is 12.0. The van der Waals surface area contributed by atoms with Crippen LogP contribution in [0.2, 0.25) is 0 Å². The first-order chi connectivity index (χ1) is 23.9. The molecule has 9 nitrogen and oxygen atoms in total. The minimum atomic E-state index is -0.633. The van der Waals surface area contributed by atoms with Crippen molar-refractivity contribution in [2.45, 2.75) is 68.0 Å². The van der Waals surface area contributed by atoms with Crippen molar-refractivity contribution in [2.24, 2.45) is 0 Å².